The van der Waals surface area contributed by atoms with Gasteiger partial charge in [-0.25, -0.2) is 9.07 Å². The fourth-order valence-electron chi connectivity index (χ4n) is 3.26. The predicted molar refractivity (Wildman–Crippen MR) is 101 cm³/mol. The van der Waals surface area contributed by atoms with Crippen LogP contribution in [0.25, 0.3) is 10.8 Å². The van der Waals surface area contributed by atoms with Crippen LogP contribution in [0.2, 0.25) is 0 Å². The largest absolute Gasteiger partial charge is 0.348 e. The van der Waals surface area contributed by atoms with E-state index in [1.54, 1.807) is 42.1 Å². The standard InChI is InChI=1S/C19H16FN3O3S/c20-11-5-6-16-14(9-11)15(7-8-27-16)21-17(24)10-23-19(26)13-4-2-1-3-12(13)18(25)22-23/h1-6,9,15H,7-8,10H2,(H,21,24)(H,22,25). The Hall–Kier alpha value is -2.87. The molecule has 0 saturated heterocycles. The molecule has 0 bridgehead atoms. The number of rotatable bonds is 3. The summed E-state index contributed by atoms with van der Waals surface area (Å²) in [5.74, 6) is 0.0248. The lowest BCUT2D eigenvalue weighted by Gasteiger charge is -2.26. The van der Waals surface area contributed by atoms with Crippen molar-refractivity contribution in [3.8, 4) is 0 Å². The van der Waals surface area contributed by atoms with Crippen LogP contribution in [0, 0.1) is 5.82 Å². The predicted octanol–water partition coefficient (Wildman–Crippen LogP) is 2.18. The van der Waals surface area contributed by atoms with E-state index in [0.717, 1.165) is 20.9 Å². The molecule has 0 radical (unpaired) electrons. The van der Waals surface area contributed by atoms with Crippen molar-refractivity contribution in [2.75, 3.05) is 5.75 Å². The maximum absolute atomic E-state index is 13.6. The summed E-state index contributed by atoms with van der Waals surface area (Å²) in [7, 11) is 0. The smallest absolute Gasteiger partial charge is 0.273 e. The number of halogens is 1. The first-order valence-corrected chi connectivity index (χ1v) is 9.45. The maximum Gasteiger partial charge on any atom is 0.273 e. The molecule has 2 heterocycles. The lowest BCUT2D eigenvalue weighted by Crippen LogP contribution is -2.38. The van der Waals surface area contributed by atoms with Gasteiger partial charge in [-0.05, 0) is 42.3 Å². The molecule has 1 amide bonds. The highest BCUT2D eigenvalue weighted by Crippen LogP contribution is 2.36. The van der Waals surface area contributed by atoms with E-state index in [-0.39, 0.29) is 29.2 Å². The molecule has 6 nitrogen and oxygen atoms in total. The molecule has 4 rings (SSSR count). The van der Waals surface area contributed by atoms with Gasteiger partial charge in [0.25, 0.3) is 11.1 Å². The van der Waals surface area contributed by atoms with Crippen molar-refractivity contribution in [1.82, 2.24) is 15.1 Å². The van der Waals surface area contributed by atoms with Crippen molar-refractivity contribution >= 4 is 28.4 Å². The highest BCUT2D eigenvalue weighted by Gasteiger charge is 2.23. The number of benzene rings is 2. The van der Waals surface area contributed by atoms with E-state index in [4.69, 9.17) is 0 Å². The van der Waals surface area contributed by atoms with Crippen LogP contribution in [0.1, 0.15) is 18.0 Å². The van der Waals surface area contributed by atoms with E-state index in [1.807, 2.05) is 0 Å². The van der Waals surface area contributed by atoms with Crippen LogP contribution in [-0.4, -0.2) is 21.4 Å². The fraction of sp³-hybridized carbons (Fsp3) is 0.211. The summed E-state index contributed by atoms with van der Waals surface area (Å²) < 4.78 is 14.6. The first kappa shape index (κ1) is 17.5. The number of thioether (sulfide) groups is 1. The summed E-state index contributed by atoms with van der Waals surface area (Å²) in [5.41, 5.74) is -0.135. The number of aromatic amines is 1. The van der Waals surface area contributed by atoms with Gasteiger partial charge in [-0.3, -0.25) is 19.5 Å². The molecule has 2 N–H and O–H groups in total. The van der Waals surface area contributed by atoms with Gasteiger partial charge in [-0.1, -0.05) is 12.1 Å². The van der Waals surface area contributed by atoms with Crippen LogP contribution in [0.3, 0.4) is 0 Å². The third kappa shape index (κ3) is 3.40. The molecule has 1 unspecified atom stereocenters. The van der Waals surface area contributed by atoms with E-state index in [0.29, 0.717) is 6.42 Å². The number of nitrogens with zero attached hydrogens (tertiary/aromatic N) is 1. The number of carbonyl (C=O) groups is 1. The van der Waals surface area contributed by atoms with Crippen LogP contribution in [0.15, 0.2) is 56.9 Å². The van der Waals surface area contributed by atoms with Crippen LogP contribution in [-0.2, 0) is 11.3 Å². The Morgan fingerprint density at radius 2 is 2.00 bits per heavy atom. The first-order valence-electron chi connectivity index (χ1n) is 8.46. The van der Waals surface area contributed by atoms with Gasteiger partial charge in [0, 0.05) is 10.6 Å². The molecule has 3 aromatic rings. The zero-order valence-electron chi connectivity index (χ0n) is 14.2. The monoisotopic (exact) mass is 385 g/mol. The molecule has 0 saturated carbocycles. The molecule has 27 heavy (non-hydrogen) atoms. The van der Waals surface area contributed by atoms with Gasteiger partial charge in [0.2, 0.25) is 5.91 Å². The SMILES string of the molecule is O=C(Cn1[nH]c(=O)c2ccccc2c1=O)NC1CCSc2ccc(F)cc21. The van der Waals surface area contributed by atoms with Crippen molar-refractivity contribution in [3.63, 3.8) is 0 Å². The summed E-state index contributed by atoms with van der Waals surface area (Å²) in [5, 5.41) is 5.83. The Balaban J connectivity index is 1.59. The Morgan fingerprint density at radius 3 is 2.81 bits per heavy atom. The molecule has 1 aromatic heterocycles. The second-order valence-electron chi connectivity index (χ2n) is 6.32. The minimum atomic E-state index is -0.439. The van der Waals surface area contributed by atoms with Gasteiger partial charge in [0.05, 0.1) is 16.8 Å². The molecule has 2 aromatic carbocycles. The molecule has 0 aliphatic carbocycles. The minimum absolute atomic E-state index is 0.260. The number of aromatic nitrogens is 2. The molecule has 1 aliphatic heterocycles. The molecule has 0 fully saturated rings. The van der Waals surface area contributed by atoms with E-state index in [9.17, 15) is 18.8 Å². The summed E-state index contributed by atoms with van der Waals surface area (Å²) >= 11 is 1.62. The van der Waals surface area contributed by atoms with Crippen molar-refractivity contribution in [2.45, 2.75) is 23.9 Å². The molecular formula is C19H16FN3O3S. The third-order valence-corrected chi connectivity index (χ3v) is 5.65. The van der Waals surface area contributed by atoms with Gasteiger partial charge < -0.3 is 5.32 Å². The number of hydrogen-bond donors (Lipinski definition) is 2. The summed E-state index contributed by atoms with van der Waals surface area (Å²) in [6, 6.07) is 10.7. The van der Waals surface area contributed by atoms with E-state index in [1.165, 1.54) is 12.1 Å². The summed E-state index contributed by atoms with van der Waals surface area (Å²) in [6.45, 7) is -0.312. The molecular weight excluding hydrogens is 369 g/mol. The molecule has 138 valence electrons. The Morgan fingerprint density at radius 1 is 1.22 bits per heavy atom. The zero-order valence-corrected chi connectivity index (χ0v) is 15.0. The maximum atomic E-state index is 13.6. The first-order chi connectivity index (χ1) is 13.0. The van der Waals surface area contributed by atoms with E-state index < -0.39 is 17.0 Å². The number of carbonyl (C=O) groups excluding carboxylic acids is 1. The molecule has 0 spiro atoms. The number of amides is 1. The van der Waals surface area contributed by atoms with Gasteiger partial charge >= 0.3 is 0 Å². The van der Waals surface area contributed by atoms with Crippen molar-refractivity contribution < 1.29 is 9.18 Å². The molecule has 1 atom stereocenters. The van der Waals surface area contributed by atoms with Crippen LogP contribution >= 0.6 is 11.8 Å². The Kier molecular flexibility index (Phi) is 4.57. The third-order valence-electron chi connectivity index (χ3n) is 4.53. The van der Waals surface area contributed by atoms with Gasteiger partial charge in [0.1, 0.15) is 12.4 Å². The van der Waals surface area contributed by atoms with E-state index >= 15 is 0 Å². The number of nitrogens with one attached hydrogen (secondary N) is 2. The highest BCUT2D eigenvalue weighted by atomic mass is 32.2. The normalized spacial score (nSPS) is 16.1. The van der Waals surface area contributed by atoms with Crippen molar-refractivity contribution in [2.24, 2.45) is 0 Å². The van der Waals surface area contributed by atoms with Crippen LogP contribution in [0.5, 0.6) is 0 Å². The summed E-state index contributed by atoms with van der Waals surface area (Å²) in [6.07, 6.45) is 0.663. The second kappa shape index (κ2) is 7.03. The van der Waals surface area contributed by atoms with Gasteiger partial charge in [-0.15, -0.1) is 11.8 Å². The average molecular weight is 385 g/mol. The fourth-order valence-corrected chi connectivity index (χ4v) is 4.36. The topological polar surface area (TPSA) is 84.0 Å². The molecule has 8 heteroatoms. The molecule has 1 aliphatic rings. The van der Waals surface area contributed by atoms with Crippen molar-refractivity contribution in [1.29, 1.82) is 0 Å². The zero-order chi connectivity index (χ0) is 19.0. The van der Waals surface area contributed by atoms with E-state index in [2.05, 4.69) is 10.4 Å². The van der Waals surface area contributed by atoms with Gasteiger partial charge in [-0.2, -0.15) is 0 Å². The average Bonchev–Trinajstić information content (AvgIpc) is 2.66. The summed E-state index contributed by atoms with van der Waals surface area (Å²) in [4.78, 5) is 38.1. The minimum Gasteiger partial charge on any atom is -0.348 e. The number of fused-ring (bicyclic) bond motifs is 2. The van der Waals surface area contributed by atoms with Gasteiger partial charge in [0.15, 0.2) is 0 Å². The number of H-pyrrole nitrogens is 1. The van der Waals surface area contributed by atoms with Crippen molar-refractivity contribution in [3.05, 3.63) is 74.6 Å². The quantitative estimate of drug-likeness (QED) is 0.724. The lowest BCUT2D eigenvalue weighted by molar-refractivity contribution is -0.122. The number of hydrogen-bond acceptors (Lipinski definition) is 4. The second-order valence-corrected chi connectivity index (χ2v) is 7.45. The van der Waals surface area contributed by atoms with Crippen LogP contribution < -0.4 is 16.4 Å². The highest BCUT2D eigenvalue weighted by molar-refractivity contribution is 7.99. The Labute approximate surface area is 157 Å². The Bertz CT molecular complexity index is 1150. The lowest BCUT2D eigenvalue weighted by atomic mass is 10.0. The van der Waals surface area contributed by atoms with Crippen LogP contribution in [0.4, 0.5) is 4.39 Å².